The van der Waals surface area contributed by atoms with E-state index in [-0.39, 0.29) is 23.7 Å². The lowest BCUT2D eigenvalue weighted by molar-refractivity contribution is -0.162. The van der Waals surface area contributed by atoms with E-state index < -0.39 is 5.60 Å². The summed E-state index contributed by atoms with van der Waals surface area (Å²) in [6.45, 7) is 3.59. The summed E-state index contributed by atoms with van der Waals surface area (Å²) in [7, 11) is 0. The SMILES string of the molecule is C[C@@H]1C(=O)[C@H](C)[C@@H]2C=C[C@@]1(C=O)O2. The molecule has 70 valence electrons. The second kappa shape index (κ2) is 2.51. The molecule has 0 aliphatic carbocycles. The molecule has 2 heterocycles. The van der Waals surface area contributed by atoms with E-state index in [4.69, 9.17) is 4.74 Å². The first kappa shape index (κ1) is 8.63. The van der Waals surface area contributed by atoms with Crippen molar-refractivity contribution < 1.29 is 14.3 Å². The van der Waals surface area contributed by atoms with Crippen molar-refractivity contribution in [1.29, 1.82) is 0 Å². The summed E-state index contributed by atoms with van der Waals surface area (Å²) >= 11 is 0. The van der Waals surface area contributed by atoms with Crippen molar-refractivity contribution >= 4 is 12.1 Å². The first-order valence-corrected chi connectivity index (χ1v) is 4.48. The fourth-order valence-corrected chi connectivity index (χ4v) is 2.02. The smallest absolute Gasteiger partial charge is 0.156 e. The lowest BCUT2D eigenvalue weighted by Gasteiger charge is -2.36. The molecule has 1 saturated heterocycles. The van der Waals surface area contributed by atoms with Crippen LogP contribution >= 0.6 is 0 Å². The number of hydrogen-bond donors (Lipinski definition) is 0. The van der Waals surface area contributed by atoms with Crippen LogP contribution in [-0.4, -0.2) is 23.8 Å². The maximum Gasteiger partial charge on any atom is 0.156 e. The number of ether oxygens (including phenoxy) is 1. The van der Waals surface area contributed by atoms with Gasteiger partial charge in [-0.2, -0.15) is 0 Å². The Balaban J connectivity index is 2.42. The molecule has 2 bridgehead atoms. The van der Waals surface area contributed by atoms with Crippen molar-refractivity contribution in [2.24, 2.45) is 11.8 Å². The van der Waals surface area contributed by atoms with Crippen LogP contribution in [0.25, 0.3) is 0 Å². The lowest BCUT2D eigenvalue weighted by atomic mass is 9.81. The van der Waals surface area contributed by atoms with Crippen LogP contribution in [0.2, 0.25) is 0 Å². The zero-order valence-electron chi connectivity index (χ0n) is 7.69. The molecule has 0 radical (unpaired) electrons. The Hall–Kier alpha value is -0.960. The van der Waals surface area contributed by atoms with Gasteiger partial charge in [0.15, 0.2) is 11.9 Å². The van der Waals surface area contributed by atoms with Gasteiger partial charge in [0.05, 0.1) is 12.0 Å². The molecule has 0 saturated carbocycles. The standard InChI is InChI=1S/C10H12O3/c1-6-8-3-4-10(5-11,13-8)7(2)9(6)12/h3-8H,1-2H3/t6-,7-,8+,10+/m1/s1. The maximum absolute atomic E-state index is 11.7. The monoisotopic (exact) mass is 180 g/mol. The molecule has 2 aliphatic heterocycles. The highest BCUT2D eigenvalue weighted by Gasteiger charge is 2.51. The summed E-state index contributed by atoms with van der Waals surface area (Å²) < 4.78 is 5.53. The fourth-order valence-electron chi connectivity index (χ4n) is 2.02. The molecule has 3 nitrogen and oxygen atoms in total. The highest BCUT2D eigenvalue weighted by atomic mass is 16.5. The van der Waals surface area contributed by atoms with Gasteiger partial charge >= 0.3 is 0 Å². The molecule has 4 atom stereocenters. The summed E-state index contributed by atoms with van der Waals surface area (Å²) in [6.07, 6.45) is 4.07. The first-order chi connectivity index (χ1) is 6.10. The molecule has 0 spiro atoms. The third kappa shape index (κ3) is 0.936. The summed E-state index contributed by atoms with van der Waals surface area (Å²) in [4.78, 5) is 22.5. The number of fused-ring (bicyclic) bond motifs is 2. The van der Waals surface area contributed by atoms with Gasteiger partial charge in [0.25, 0.3) is 0 Å². The van der Waals surface area contributed by atoms with E-state index in [9.17, 15) is 9.59 Å². The van der Waals surface area contributed by atoms with Crippen LogP contribution in [0, 0.1) is 11.8 Å². The Bertz CT molecular complexity index is 295. The predicted octanol–water partition coefficient (Wildman–Crippen LogP) is 0.734. The van der Waals surface area contributed by atoms with Crippen molar-refractivity contribution in [1.82, 2.24) is 0 Å². The van der Waals surface area contributed by atoms with Crippen LogP contribution in [0.5, 0.6) is 0 Å². The number of Topliss-reactive ketones (excluding diaryl/α,β-unsaturated/α-hetero) is 1. The summed E-state index contributed by atoms with van der Waals surface area (Å²) in [5.41, 5.74) is -0.964. The molecule has 2 rings (SSSR count). The number of carbonyl (C=O) groups excluding carboxylic acids is 2. The van der Waals surface area contributed by atoms with E-state index in [1.165, 1.54) is 0 Å². The Morgan fingerprint density at radius 2 is 2.23 bits per heavy atom. The Kier molecular flexibility index (Phi) is 1.67. The predicted molar refractivity (Wildman–Crippen MR) is 46.1 cm³/mol. The minimum atomic E-state index is -0.964. The number of aldehydes is 1. The first-order valence-electron chi connectivity index (χ1n) is 4.48. The maximum atomic E-state index is 11.7. The Morgan fingerprint density at radius 1 is 1.54 bits per heavy atom. The number of ketones is 1. The molecule has 0 aromatic heterocycles. The van der Waals surface area contributed by atoms with Crippen LogP contribution in [0.4, 0.5) is 0 Å². The zero-order chi connectivity index (χ0) is 9.64. The molecule has 1 fully saturated rings. The second-order valence-corrected chi connectivity index (χ2v) is 3.83. The Labute approximate surface area is 76.8 Å². The highest BCUT2D eigenvalue weighted by molar-refractivity contribution is 5.91. The summed E-state index contributed by atoms with van der Waals surface area (Å²) in [5, 5.41) is 0. The van der Waals surface area contributed by atoms with Crippen molar-refractivity contribution in [3.8, 4) is 0 Å². The molecule has 3 heteroatoms. The fraction of sp³-hybridized carbons (Fsp3) is 0.600. The van der Waals surface area contributed by atoms with Gasteiger partial charge in [0, 0.05) is 5.92 Å². The van der Waals surface area contributed by atoms with Gasteiger partial charge in [-0.15, -0.1) is 0 Å². The molecule has 2 aliphatic rings. The van der Waals surface area contributed by atoms with Gasteiger partial charge in [0.2, 0.25) is 0 Å². The molecule has 0 aromatic carbocycles. The largest absolute Gasteiger partial charge is 0.355 e. The molecule has 0 aromatic rings. The molecular formula is C10H12O3. The summed E-state index contributed by atoms with van der Waals surface area (Å²) in [5.74, 6) is -0.356. The van der Waals surface area contributed by atoms with Crippen LogP contribution in [0.15, 0.2) is 12.2 Å². The van der Waals surface area contributed by atoms with Crippen molar-refractivity contribution in [2.45, 2.75) is 25.6 Å². The average molecular weight is 180 g/mol. The highest BCUT2D eigenvalue weighted by Crippen LogP contribution is 2.39. The van der Waals surface area contributed by atoms with Gasteiger partial charge in [-0.3, -0.25) is 9.59 Å². The van der Waals surface area contributed by atoms with Gasteiger partial charge in [-0.1, -0.05) is 19.9 Å². The number of carbonyl (C=O) groups is 2. The van der Waals surface area contributed by atoms with E-state index >= 15 is 0 Å². The topological polar surface area (TPSA) is 43.4 Å². The zero-order valence-corrected chi connectivity index (χ0v) is 7.69. The minimum Gasteiger partial charge on any atom is -0.355 e. The number of hydrogen-bond acceptors (Lipinski definition) is 3. The van der Waals surface area contributed by atoms with E-state index in [1.54, 1.807) is 13.0 Å². The van der Waals surface area contributed by atoms with Crippen molar-refractivity contribution in [3.05, 3.63) is 12.2 Å². The van der Waals surface area contributed by atoms with E-state index in [2.05, 4.69) is 0 Å². The van der Waals surface area contributed by atoms with Crippen LogP contribution < -0.4 is 0 Å². The second-order valence-electron chi connectivity index (χ2n) is 3.83. The van der Waals surface area contributed by atoms with Crippen LogP contribution in [0.1, 0.15) is 13.8 Å². The van der Waals surface area contributed by atoms with Crippen molar-refractivity contribution in [3.63, 3.8) is 0 Å². The molecule has 0 N–H and O–H groups in total. The van der Waals surface area contributed by atoms with Gasteiger partial charge in [-0.25, -0.2) is 0 Å². The third-order valence-electron chi connectivity index (χ3n) is 3.12. The normalized spacial score (nSPS) is 48.2. The number of rotatable bonds is 1. The molecule has 13 heavy (non-hydrogen) atoms. The quantitative estimate of drug-likeness (QED) is 0.441. The Morgan fingerprint density at radius 3 is 2.85 bits per heavy atom. The van der Waals surface area contributed by atoms with E-state index in [0.29, 0.717) is 0 Å². The summed E-state index contributed by atoms with van der Waals surface area (Å²) in [6, 6.07) is 0. The molecule has 0 amide bonds. The third-order valence-corrected chi connectivity index (χ3v) is 3.12. The molecule has 0 unspecified atom stereocenters. The van der Waals surface area contributed by atoms with Crippen LogP contribution in [-0.2, 0) is 14.3 Å². The van der Waals surface area contributed by atoms with E-state index in [1.807, 2.05) is 13.0 Å². The van der Waals surface area contributed by atoms with Gasteiger partial charge in [0.1, 0.15) is 5.78 Å². The van der Waals surface area contributed by atoms with Gasteiger partial charge in [-0.05, 0) is 6.08 Å². The van der Waals surface area contributed by atoms with Crippen molar-refractivity contribution in [2.75, 3.05) is 0 Å². The lowest BCUT2D eigenvalue weighted by Crippen LogP contribution is -2.51. The van der Waals surface area contributed by atoms with Gasteiger partial charge < -0.3 is 4.74 Å². The van der Waals surface area contributed by atoms with Crippen LogP contribution in [0.3, 0.4) is 0 Å². The van der Waals surface area contributed by atoms with E-state index in [0.717, 1.165) is 6.29 Å². The average Bonchev–Trinajstić information content (AvgIpc) is 2.55. The minimum absolute atomic E-state index is 0.119. The molecular weight excluding hydrogens is 168 g/mol.